The molecule has 22 heavy (non-hydrogen) atoms. The summed E-state index contributed by atoms with van der Waals surface area (Å²) in [7, 11) is 0. The quantitative estimate of drug-likeness (QED) is 0.883. The number of ether oxygens (including phenoxy) is 1. The minimum atomic E-state index is -2.91. The number of amides is 1. The van der Waals surface area contributed by atoms with Crippen molar-refractivity contribution in [3.05, 3.63) is 42.5 Å². The number of nitrogens with one attached hydrogen (secondary N) is 1. The number of hydrogen-bond acceptors (Lipinski definition) is 4. The highest BCUT2D eigenvalue weighted by Gasteiger charge is 2.45. The summed E-state index contributed by atoms with van der Waals surface area (Å²) >= 11 is 0. The van der Waals surface area contributed by atoms with Crippen molar-refractivity contribution in [3.63, 3.8) is 0 Å². The van der Waals surface area contributed by atoms with Gasteiger partial charge in [0.1, 0.15) is 11.4 Å². The Morgan fingerprint density at radius 3 is 2.82 bits per heavy atom. The summed E-state index contributed by atoms with van der Waals surface area (Å²) in [6, 6.07) is 4.47. The Balaban J connectivity index is 1.58. The van der Waals surface area contributed by atoms with Gasteiger partial charge in [-0.2, -0.15) is 13.9 Å². The lowest BCUT2D eigenvalue weighted by Gasteiger charge is -2.16. The monoisotopic (exact) mass is 308 g/mol. The Morgan fingerprint density at radius 2 is 2.27 bits per heavy atom. The maximum Gasteiger partial charge on any atom is 0.387 e. The number of carbonyl (C=O) groups is 1. The summed E-state index contributed by atoms with van der Waals surface area (Å²) < 4.78 is 30.1. The smallest absolute Gasteiger partial charge is 0.387 e. The Kier molecular flexibility index (Phi) is 3.74. The van der Waals surface area contributed by atoms with E-state index in [1.165, 1.54) is 12.1 Å². The van der Waals surface area contributed by atoms with Crippen molar-refractivity contribution in [1.29, 1.82) is 0 Å². The Bertz CT molecular complexity index is 639. The number of carbonyl (C=O) groups excluding carboxylic acids is 1. The third-order valence-electron chi connectivity index (χ3n) is 3.59. The average Bonchev–Trinajstić information content (AvgIpc) is 3.08. The van der Waals surface area contributed by atoms with Gasteiger partial charge in [-0.1, -0.05) is 0 Å². The van der Waals surface area contributed by atoms with Crippen molar-refractivity contribution in [2.75, 3.05) is 6.54 Å². The lowest BCUT2D eigenvalue weighted by molar-refractivity contribution is -0.0500. The van der Waals surface area contributed by atoms with Crippen molar-refractivity contribution < 1.29 is 18.3 Å². The molecule has 2 aromatic rings. The summed E-state index contributed by atoms with van der Waals surface area (Å²) in [5.74, 6) is -0.441. The Morgan fingerprint density at radius 1 is 1.45 bits per heavy atom. The van der Waals surface area contributed by atoms with Crippen LogP contribution in [-0.4, -0.2) is 33.8 Å². The molecule has 0 saturated heterocycles. The molecule has 0 atom stereocenters. The number of alkyl halides is 2. The van der Waals surface area contributed by atoms with Crippen molar-refractivity contribution >= 4 is 5.91 Å². The fraction of sp³-hybridized carbons (Fsp3) is 0.357. The minimum absolute atomic E-state index is 0.0817. The standard InChI is InChI=1S/C14H14F2N4O2/c15-13(16)22-10-2-3-11(17-8-10)12(21)18-9-14(4-5-14)20-7-1-6-19-20/h1-3,6-8,13H,4-5,9H2,(H,18,21). The first-order valence-corrected chi connectivity index (χ1v) is 6.78. The van der Waals surface area contributed by atoms with Gasteiger partial charge in [0, 0.05) is 18.9 Å². The van der Waals surface area contributed by atoms with E-state index in [-0.39, 0.29) is 22.9 Å². The fourth-order valence-electron chi connectivity index (χ4n) is 2.20. The van der Waals surface area contributed by atoms with Gasteiger partial charge in [0.05, 0.1) is 11.7 Å². The molecule has 0 spiro atoms. The van der Waals surface area contributed by atoms with Gasteiger partial charge in [0.15, 0.2) is 0 Å². The highest BCUT2D eigenvalue weighted by atomic mass is 19.3. The minimum Gasteiger partial charge on any atom is -0.433 e. The van der Waals surface area contributed by atoms with Crippen molar-refractivity contribution in [2.24, 2.45) is 0 Å². The zero-order valence-electron chi connectivity index (χ0n) is 11.6. The van der Waals surface area contributed by atoms with Crippen LogP contribution in [0.1, 0.15) is 23.3 Å². The number of aromatic nitrogens is 3. The van der Waals surface area contributed by atoms with E-state index in [0.717, 1.165) is 19.0 Å². The normalized spacial score (nSPS) is 15.6. The topological polar surface area (TPSA) is 69.0 Å². The van der Waals surface area contributed by atoms with E-state index in [9.17, 15) is 13.6 Å². The Hall–Kier alpha value is -2.51. The van der Waals surface area contributed by atoms with Crippen LogP contribution in [0.15, 0.2) is 36.8 Å². The van der Waals surface area contributed by atoms with Crippen LogP contribution in [0.2, 0.25) is 0 Å². The molecular weight excluding hydrogens is 294 g/mol. The molecule has 1 aliphatic carbocycles. The van der Waals surface area contributed by atoms with Gasteiger partial charge in [0.2, 0.25) is 0 Å². The summed E-state index contributed by atoms with van der Waals surface area (Å²) in [6.45, 7) is -2.46. The molecular formula is C14H14F2N4O2. The second-order valence-corrected chi connectivity index (χ2v) is 5.12. The summed E-state index contributed by atoms with van der Waals surface area (Å²) in [4.78, 5) is 15.9. The molecule has 2 aromatic heterocycles. The van der Waals surface area contributed by atoms with E-state index in [4.69, 9.17) is 0 Å². The molecule has 1 amide bonds. The molecule has 2 heterocycles. The van der Waals surface area contributed by atoms with Crippen LogP contribution >= 0.6 is 0 Å². The van der Waals surface area contributed by atoms with Gasteiger partial charge in [-0.15, -0.1) is 0 Å². The largest absolute Gasteiger partial charge is 0.433 e. The van der Waals surface area contributed by atoms with Crippen LogP contribution in [-0.2, 0) is 5.54 Å². The van der Waals surface area contributed by atoms with Crippen LogP contribution in [0, 0.1) is 0 Å². The number of pyridine rings is 1. The first-order chi connectivity index (χ1) is 10.6. The number of nitrogens with zero attached hydrogens (tertiary/aromatic N) is 3. The van der Waals surface area contributed by atoms with Crippen molar-refractivity contribution in [2.45, 2.75) is 25.0 Å². The molecule has 1 N–H and O–H groups in total. The van der Waals surface area contributed by atoms with Crippen LogP contribution in [0.25, 0.3) is 0 Å². The van der Waals surface area contributed by atoms with Crippen LogP contribution in [0.5, 0.6) is 5.75 Å². The number of rotatable bonds is 6. The van der Waals surface area contributed by atoms with Gasteiger partial charge in [0.25, 0.3) is 5.91 Å². The predicted octanol–water partition coefficient (Wildman–Crippen LogP) is 1.80. The van der Waals surface area contributed by atoms with E-state index in [0.29, 0.717) is 6.54 Å². The molecule has 0 aromatic carbocycles. The summed E-state index contributed by atoms with van der Waals surface area (Å²) in [5.41, 5.74) is -0.00406. The van der Waals surface area contributed by atoms with E-state index >= 15 is 0 Å². The highest BCUT2D eigenvalue weighted by molar-refractivity contribution is 5.92. The zero-order chi connectivity index (χ0) is 15.6. The number of halogens is 2. The SMILES string of the molecule is O=C(NCC1(n2cccn2)CC1)c1ccc(OC(F)F)cn1. The molecule has 8 heteroatoms. The van der Waals surface area contributed by atoms with E-state index in [1.54, 1.807) is 6.20 Å². The molecule has 0 radical (unpaired) electrons. The number of hydrogen-bond donors (Lipinski definition) is 1. The van der Waals surface area contributed by atoms with E-state index in [2.05, 4.69) is 20.1 Å². The van der Waals surface area contributed by atoms with Crippen molar-refractivity contribution in [3.8, 4) is 5.75 Å². The van der Waals surface area contributed by atoms with Gasteiger partial charge in [-0.05, 0) is 31.0 Å². The lowest BCUT2D eigenvalue weighted by atomic mass is 10.2. The molecule has 0 aliphatic heterocycles. The highest BCUT2D eigenvalue weighted by Crippen LogP contribution is 2.42. The van der Waals surface area contributed by atoms with Gasteiger partial charge in [-0.25, -0.2) is 4.98 Å². The maximum absolute atomic E-state index is 12.0. The van der Waals surface area contributed by atoms with Crippen LogP contribution in [0.3, 0.4) is 0 Å². The lowest BCUT2D eigenvalue weighted by Crippen LogP contribution is -2.36. The molecule has 0 unspecified atom stereocenters. The molecule has 1 aliphatic rings. The third kappa shape index (κ3) is 3.05. The summed E-state index contributed by atoms with van der Waals surface area (Å²) in [6.07, 6.45) is 6.56. The first kappa shape index (κ1) is 14.4. The van der Waals surface area contributed by atoms with Crippen LogP contribution < -0.4 is 10.1 Å². The van der Waals surface area contributed by atoms with E-state index < -0.39 is 6.61 Å². The second-order valence-electron chi connectivity index (χ2n) is 5.12. The molecule has 0 bridgehead atoms. The first-order valence-electron chi connectivity index (χ1n) is 6.78. The molecule has 1 fully saturated rings. The van der Waals surface area contributed by atoms with Gasteiger partial charge >= 0.3 is 6.61 Å². The summed E-state index contributed by atoms with van der Waals surface area (Å²) in [5, 5.41) is 7.00. The van der Waals surface area contributed by atoms with Gasteiger partial charge < -0.3 is 10.1 Å². The Labute approximate surface area is 125 Å². The maximum atomic E-state index is 12.0. The van der Waals surface area contributed by atoms with E-state index in [1.807, 2.05) is 16.9 Å². The molecule has 116 valence electrons. The zero-order valence-corrected chi connectivity index (χ0v) is 11.6. The van der Waals surface area contributed by atoms with Gasteiger partial charge in [-0.3, -0.25) is 9.48 Å². The van der Waals surface area contributed by atoms with Crippen molar-refractivity contribution in [1.82, 2.24) is 20.1 Å². The molecule has 3 rings (SSSR count). The second kappa shape index (κ2) is 5.70. The fourth-order valence-corrected chi connectivity index (χ4v) is 2.20. The van der Waals surface area contributed by atoms with Crippen LogP contribution in [0.4, 0.5) is 8.78 Å². The third-order valence-corrected chi connectivity index (χ3v) is 3.59. The molecule has 1 saturated carbocycles. The predicted molar refractivity (Wildman–Crippen MR) is 72.6 cm³/mol. The molecule has 6 nitrogen and oxygen atoms in total. The average molecular weight is 308 g/mol.